The smallest absolute Gasteiger partial charge is 0.341 e. The Hall–Kier alpha value is -4.54. The number of rotatable bonds is 20. The zero-order valence-corrected chi connectivity index (χ0v) is 29.7. The van der Waals surface area contributed by atoms with E-state index in [2.05, 4.69) is 15.4 Å². The predicted molar refractivity (Wildman–Crippen MR) is 185 cm³/mol. The van der Waals surface area contributed by atoms with Crippen LogP contribution in [0.2, 0.25) is 0 Å². The Morgan fingerprint density at radius 2 is 1.59 bits per heavy atom. The van der Waals surface area contributed by atoms with Gasteiger partial charge in [-0.15, -0.1) is 0 Å². The zero-order chi connectivity index (χ0) is 37.6. The number of carboxylic acids is 1. The molecule has 15 nitrogen and oxygen atoms in total. The summed E-state index contributed by atoms with van der Waals surface area (Å²) in [6, 6.07) is 11.5. The molecule has 1 aliphatic carbocycles. The van der Waals surface area contributed by atoms with Gasteiger partial charge >= 0.3 is 17.9 Å². The largest absolute Gasteiger partial charge is 0.508 e. The number of benzene rings is 2. The van der Waals surface area contributed by atoms with Crippen molar-refractivity contribution in [1.82, 2.24) is 15.4 Å². The van der Waals surface area contributed by atoms with Gasteiger partial charge in [-0.2, -0.15) is 0 Å². The highest BCUT2D eigenvalue weighted by molar-refractivity contribution is 7.88. The quantitative estimate of drug-likeness (QED) is 0.0651. The standard InChI is InChI=1S/C35H48N4O11S/c1-23(49-32(44)25-10-4-3-5-11-25)50-33(45)26(22-37-30(41)28(12-6-9-19-36)39-51(2,47)48)21-35(17-7-8-18-35)34(46)38-29(31(42)43)20-24-13-15-27(40)16-14-24/h3-5,10-11,13-16,23,26,28-29,39-40H,6-9,12,17-22,36H2,1-2H3,(H,37,41)(H,38,46)(H,42,43)/t23?,26?,28-,29-/m0/s1. The fourth-order valence-corrected chi connectivity index (χ4v) is 6.83. The number of unbranched alkanes of at least 4 members (excludes halogenated alkanes) is 1. The normalized spacial score (nSPS) is 16.2. The fraction of sp³-hybridized carbons (Fsp3) is 0.514. The maximum Gasteiger partial charge on any atom is 0.341 e. The van der Waals surface area contributed by atoms with Crippen LogP contribution in [0.3, 0.4) is 0 Å². The average Bonchev–Trinajstić information content (AvgIpc) is 3.56. The second-order valence-corrected chi connectivity index (χ2v) is 14.7. The van der Waals surface area contributed by atoms with Crippen LogP contribution in [0.4, 0.5) is 0 Å². The van der Waals surface area contributed by atoms with Crippen LogP contribution >= 0.6 is 0 Å². The minimum atomic E-state index is -3.79. The molecule has 0 radical (unpaired) electrons. The third kappa shape index (κ3) is 13.3. The van der Waals surface area contributed by atoms with E-state index in [9.17, 15) is 42.6 Å². The minimum Gasteiger partial charge on any atom is -0.508 e. The highest BCUT2D eigenvalue weighted by atomic mass is 32.2. The van der Waals surface area contributed by atoms with Gasteiger partial charge in [0.15, 0.2) is 0 Å². The lowest BCUT2D eigenvalue weighted by Crippen LogP contribution is -2.51. The van der Waals surface area contributed by atoms with E-state index in [1.165, 1.54) is 31.2 Å². The first-order valence-corrected chi connectivity index (χ1v) is 18.7. The molecule has 2 aromatic rings. The van der Waals surface area contributed by atoms with Gasteiger partial charge in [-0.25, -0.2) is 22.7 Å². The number of nitrogens with two attached hydrogens (primary N) is 1. The Balaban J connectivity index is 1.84. The number of aliphatic carboxylic acids is 1. The van der Waals surface area contributed by atoms with Crippen molar-refractivity contribution in [3.63, 3.8) is 0 Å². The molecule has 1 saturated carbocycles. The number of hydrogen-bond donors (Lipinski definition) is 6. The van der Waals surface area contributed by atoms with Crippen molar-refractivity contribution in [3.8, 4) is 5.75 Å². The van der Waals surface area contributed by atoms with E-state index in [1.54, 1.807) is 30.3 Å². The van der Waals surface area contributed by atoms with Crippen LogP contribution in [0, 0.1) is 11.3 Å². The van der Waals surface area contributed by atoms with Crippen LogP contribution in [0.5, 0.6) is 5.75 Å². The van der Waals surface area contributed by atoms with Crippen LogP contribution in [-0.2, 0) is 45.1 Å². The van der Waals surface area contributed by atoms with Crippen molar-refractivity contribution < 1.29 is 52.1 Å². The van der Waals surface area contributed by atoms with Crippen LogP contribution in [0.15, 0.2) is 54.6 Å². The molecule has 0 aliphatic heterocycles. The molecule has 1 fully saturated rings. The van der Waals surface area contributed by atoms with Gasteiger partial charge in [-0.05, 0) is 68.5 Å². The van der Waals surface area contributed by atoms with Crippen molar-refractivity contribution in [2.45, 2.75) is 83.1 Å². The molecule has 2 unspecified atom stereocenters. The summed E-state index contributed by atoms with van der Waals surface area (Å²) < 4.78 is 37.1. The lowest BCUT2D eigenvalue weighted by atomic mass is 9.76. The Morgan fingerprint density at radius 3 is 2.18 bits per heavy atom. The lowest BCUT2D eigenvalue weighted by molar-refractivity contribution is -0.171. The van der Waals surface area contributed by atoms with Crippen molar-refractivity contribution in [1.29, 1.82) is 0 Å². The summed E-state index contributed by atoms with van der Waals surface area (Å²) in [6.07, 6.45) is 2.35. The first-order valence-electron chi connectivity index (χ1n) is 16.9. The molecule has 280 valence electrons. The number of aromatic hydroxyl groups is 1. The minimum absolute atomic E-state index is 0.00252. The number of phenolic OH excluding ortho intramolecular Hbond substituents is 1. The van der Waals surface area contributed by atoms with E-state index in [4.69, 9.17) is 15.2 Å². The molecule has 4 atom stereocenters. The number of ether oxygens (including phenoxy) is 2. The number of phenols is 1. The molecular weight excluding hydrogens is 684 g/mol. The fourth-order valence-electron chi connectivity index (χ4n) is 6.08. The van der Waals surface area contributed by atoms with Crippen LogP contribution in [-0.4, -0.2) is 86.1 Å². The van der Waals surface area contributed by atoms with Gasteiger partial charge in [-0.1, -0.05) is 49.6 Å². The average molecular weight is 733 g/mol. The summed E-state index contributed by atoms with van der Waals surface area (Å²) in [5.41, 5.74) is 5.14. The van der Waals surface area contributed by atoms with Gasteiger partial charge in [0.05, 0.1) is 23.2 Å². The van der Waals surface area contributed by atoms with Gasteiger partial charge in [0.1, 0.15) is 17.8 Å². The molecule has 0 bridgehead atoms. The second kappa shape index (κ2) is 19.2. The first kappa shape index (κ1) is 40.9. The summed E-state index contributed by atoms with van der Waals surface area (Å²) in [5, 5.41) is 24.8. The third-order valence-corrected chi connectivity index (χ3v) is 9.41. The van der Waals surface area contributed by atoms with Gasteiger partial charge in [0.2, 0.25) is 28.1 Å². The van der Waals surface area contributed by atoms with Gasteiger partial charge < -0.3 is 36.1 Å². The van der Waals surface area contributed by atoms with Crippen molar-refractivity contribution in [3.05, 3.63) is 65.7 Å². The molecule has 0 heterocycles. The monoisotopic (exact) mass is 732 g/mol. The summed E-state index contributed by atoms with van der Waals surface area (Å²) >= 11 is 0. The molecule has 3 rings (SSSR count). The van der Waals surface area contributed by atoms with Crippen molar-refractivity contribution in [2.75, 3.05) is 19.3 Å². The lowest BCUT2D eigenvalue weighted by Gasteiger charge is -2.33. The third-order valence-electron chi connectivity index (χ3n) is 8.70. The molecule has 7 N–H and O–H groups in total. The van der Waals surface area contributed by atoms with Gasteiger partial charge in [0, 0.05) is 19.9 Å². The van der Waals surface area contributed by atoms with Gasteiger partial charge in [0.25, 0.3) is 0 Å². The molecule has 1 aliphatic rings. The molecule has 16 heteroatoms. The summed E-state index contributed by atoms with van der Waals surface area (Å²) in [4.78, 5) is 65.8. The molecule has 0 aromatic heterocycles. The van der Waals surface area contributed by atoms with E-state index >= 15 is 0 Å². The summed E-state index contributed by atoms with van der Waals surface area (Å²) in [5.74, 6) is -5.38. The van der Waals surface area contributed by atoms with Crippen LogP contribution < -0.4 is 21.1 Å². The Labute approximate surface area is 297 Å². The highest BCUT2D eigenvalue weighted by Gasteiger charge is 2.46. The SMILES string of the molecule is CC(OC(=O)c1ccccc1)OC(=O)C(CNC(=O)[C@H](CCCCN)NS(C)(=O)=O)CC1(C(=O)N[C@@H](Cc2ccc(O)cc2)C(=O)O)CCCC1. The number of esters is 2. The number of carboxylic acid groups (broad SMARTS) is 1. The Morgan fingerprint density at radius 1 is 0.941 bits per heavy atom. The van der Waals surface area contributed by atoms with E-state index in [1.807, 2.05) is 0 Å². The molecule has 0 saturated heterocycles. The van der Waals surface area contributed by atoms with E-state index in [0.717, 1.165) is 6.26 Å². The van der Waals surface area contributed by atoms with Crippen LogP contribution in [0.25, 0.3) is 0 Å². The topological polar surface area (TPSA) is 241 Å². The predicted octanol–water partition coefficient (Wildman–Crippen LogP) is 1.98. The number of amides is 2. The molecule has 2 aromatic carbocycles. The first-order chi connectivity index (χ1) is 24.1. The maximum atomic E-state index is 13.9. The zero-order valence-electron chi connectivity index (χ0n) is 28.8. The van der Waals surface area contributed by atoms with Crippen LogP contribution in [0.1, 0.15) is 74.2 Å². The number of nitrogens with one attached hydrogen (secondary N) is 3. The van der Waals surface area contributed by atoms with E-state index in [-0.39, 0.29) is 37.1 Å². The number of carbonyl (C=O) groups excluding carboxylic acids is 4. The summed E-state index contributed by atoms with van der Waals surface area (Å²) in [7, 11) is -3.79. The highest BCUT2D eigenvalue weighted by Crippen LogP contribution is 2.44. The Bertz CT molecular complexity index is 1600. The number of hydrogen-bond acceptors (Lipinski definition) is 11. The molecule has 0 spiro atoms. The number of carbonyl (C=O) groups is 5. The maximum absolute atomic E-state index is 13.9. The van der Waals surface area contributed by atoms with E-state index in [0.29, 0.717) is 50.6 Å². The summed E-state index contributed by atoms with van der Waals surface area (Å²) in [6.45, 7) is 1.33. The molecular formula is C35H48N4O11S. The van der Waals surface area contributed by atoms with Gasteiger partial charge in [-0.3, -0.25) is 14.4 Å². The second-order valence-electron chi connectivity index (χ2n) is 12.9. The van der Waals surface area contributed by atoms with Crippen molar-refractivity contribution in [2.24, 2.45) is 17.1 Å². The molecule has 51 heavy (non-hydrogen) atoms. The van der Waals surface area contributed by atoms with Crippen molar-refractivity contribution >= 4 is 39.7 Å². The number of sulfonamides is 1. The molecule has 2 amide bonds. The Kier molecular flexibility index (Phi) is 15.4. The van der Waals surface area contributed by atoms with E-state index < -0.39 is 69.5 Å².